The van der Waals surface area contributed by atoms with E-state index in [0.717, 1.165) is 24.0 Å². The Morgan fingerprint density at radius 3 is 2.05 bits per heavy atom. The fourth-order valence-electron chi connectivity index (χ4n) is 4.05. The first kappa shape index (κ1) is 30.6. The summed E-state index contributed by atoms with van der Waals surface area (Å²) in [5.74, 6) is -0.385. The van der Waals surface area contributed by atoms with Crippen LogP contribution in [0.25, 0.3) is 0 Å². The molecule has 1 N–H and O–H groups in total. The monoisotopic (exact) mass is 549 g/mol. The van der Waals surface area contributed by atoms with Crippen molar-refractivity contribution in [2.75, 3.05) is 17.1 Å². The standard InChI is InChI=1S/C28H40ClN3O4S/c1-6-21(4)30-28(34)26(8-3)31(20-23-11-15-24(29)16-12-23)27(33)10-9-19-32(37(5,35)36)25-17-13-22(7-2)14-18-25/h11-18,21,26H,6-10,19-20H2,1-5H3,(H,30,34)/t21-,26-/m1/s1. The molecule has 2 aromatic carbocycles. The predicted octanol–water partition coefficient (Wildman–Crippen LogP) is 5.17. The quantitative estimate of drug-likeness (QED) is 0.352. The minimum atomic E-state index is -3.53. The number of carbonyl (C=O) groups is 2. The van der Waals surface area contributed by atoms with Gasteiger partial charge in [0.05, 0.1) is 11.9 Å². The number of sulfonamides is 1. The van der Waals surface area contributed by atoms with Crippen molar-refractivity contribution in [2.24, 2.45) is 0 Å². The third kappa shape index (κ3) is 9.34. The van der Waals surface area contributed by atoms with E-state index >= 15 is 0 Å². The van der Waals surface area contributed by atoms with Crippen molar-refractivity contribution < 1.29 is 18.0 Å². The molecule has 0 fully saturated rings. The number of rotatable bonds is 14. The van der Waals surface area contributed by atoms with Gasteiger partial charge in [0.2, 0.25) is 21.8 Å². The van der Waals surface area contributed by atoms with Crippen molar-refractivity contribution in [1.29, 1.82) is 0 Å². The maximum absolute atomic E-state index is 13.5. The number of carbonyl (C=O) groups excluding carboxylic acids is 2. The van der Waals surface area contributed by atoms with E-state index in [1.165, 1.54) is 10.6 Å². The van der Waals surface area contributed by atoms with Crippen molar-refractivity contribution >= 4 is 39.1 Å². The van der Waals surface area contributed by atoms with Crippen LogP contribution < -0.4 is 9.62 Å². The number of nitrogens with one attached hydrogen (secondary N) is 1. The van der Waals surface area contributed by atoms with Crippen LogP contribution in [0.15, 0.2) is 48.5 Å². The number of hydrogen-bond acceptors (Lipinski definition) is 4. The summed E-state index contributed by atoms with van der Waals surface area (Å²) in [6.45, 7) is 8.28. The van der Waals surface area contributed by atoms with Crippen LogP contribution in [0.4, 0.5) is 5.69 Å². The Labute approximate surface area is 227 Å². The summed E-state index contributed by atoms with van der Waals surface area (Å²) in [5, 5.41) is 3.59. The second kappa shape index (κ2) is 14.4. The Morgan fingerprint density at radius 1 is 0.946 bits per heavy atom. The molecule has 0 aliphatic carbocycles. The van der Waals surface area contributed by atoms with Crippen molar-refractivity contribution in [3.05, 3.63) is 64.7 Å². The molecule has 0 spiro atoms. The van der Waals surface area contributed by atoms with E-state index < -0.39 is 16.1 Å². The van der Waals surface area contributed by atoms with E-state index in [2.05, 4.69) is 5.32 Å². The van der Waals surface area contributed by atoms with E-state index in [4.69, 9.17) is 11.6 Å². The van der Waals surface area contributed by atoms with Crippen molar-refractivity contribution in [1.82, 2.24) is 10.2 Å². The third-order valence-electron chi connectivity index (χ3n) is 6.44. The highest BCUT2D eigenvalue weighted by molar-refractivity contribution is 7.92. The third-order valence-corrected chi connectivity index (χ3v) is 7.88. The van der Waals surface area contributed by atoms with Crippen molar-refractivity contribution in [3.63, 3.8) is 0 Å². The van der Waals surface area contributed by atoms with Crippen LogP contribution in [-0.2, 0) is 32.6 Å². The maximum atomic E-state index is 13.5. The van der Waals surface area contributed by atoms with E-state index in [1.807, 2.05) is 52.0 Å². The lowest BCUT2D eigenvalue weighted by molar-refractivity contribution is -0.141. The molecule has 0 saturated heterocycles. The van der Waals surface area contributed by atoms with Gasteiger partial charge >= 0.3 is 0 Å². The van der Waals surface area contributed by atoms with Crippen LogP contribution in [0.1, 0.15) is 64.5 Å². The number of halogens is 1. The van der Waals surface area contributed by atoms with E-state index in [9.17, 15) is 18.0 Å². The Kier molecular flexibility index (Phi) is 11.9. The van der Waals surface area contributed by atoms with E-state index in [0.29, 0.717) is 23.6 Å². The van der Waals surface area contributed by atoms with Gasteiger partial charge in [0.25, 0.3) is 0 Å². The number of aryl methyl sites for hydroxylation is 1. The minimum absolute atomic E-state index is 0.00329. The van der Waals surface area contributed by atoms with Crippen molar-refractivity contribution in [3.8, 4) is 0 Å². The number of amides is 2. The Balaban J connectivity index is 2.21. The predicted molar refractivity (Wildman–Crippen MR) is 151 cm³/mol. The molecule has 0 aliphatic rings. The summed E-state index contributed by atoms with van der Waals surface area (Å²) in [5.41, 5.74) is 2.55. The molecule has 2 rings (SSSR count). The maximum Gasteiger partial charge on any atom is 0.243 e. The molecule has 0 bridgehead atoms. The van der Waals surface area contributed by atoms with Crippen LogP contribution in [0, 0.1) is 0 Å². The molecule has 37 heavy (non-hydrogen) atoms. The number of nitrogens with zero attached hydrogens (tertiary/aromatic N) is 2. The van der Waals surface area contributed by atoms with Gasteiger partial charge in [0, 0.05) is 30.6 Å². The van der Waals surface area contributed by atoms with Gasteiger partial charge in [0.15, 0.2) is 0 Å². The molecule has 2 aromatic rings. The van der Waals surface area contributed by atoms with Gasteiger partial charge in [-0.25, -0.2) is 8.42 Å². The zero-order valence-electron chi connectivity index (χ0n) is 22.5. The van der Waals surface area contributed by atoms with E-state index in [1.54, 1.807) is 29.2 Å². The molecule has 7 nitrogen and oxygen atoms in total. The Bertz CT molecular complexity index is 1120. The molecule has 9 heteroatoms. The highest BCUT2D eigenvalue weighted by Crippen LogP contribution is 2.21. The van der Waals surface area contributed by atoms with Gasteiger partial charge in [-0.05, 0) is 68.0 Å². The molecule has 0 unspecified atom stereocenters. The zero-order chi connectivity index (χ0) is 27.6. The van der Waals surface area contributed by atoms with Crippen LogP contribution in [0.3, 0.4) is 0 Å². The highest BCUT2D eigenvalue weighted by Gasteiger charge is 2.29. The molecule has 0 aliphatic heterocycles. The summed E-state index contributed by atoms with van der Waals surface area (Å²) in [4.78, 5) is 28.1. The first-order valence-corrected chi connectivity index (χ1v) is 15.1. The fourth-order valence-corrected chi connectivity index (χ4v) is 5.14. The molecular weight excluding hydrogens is 510 g/mol. The second-order valence-corrected chi connectivity index (χ2v) is 11.7. The summed E-state index contributed by atoms with van der Waals surface area (Å²) >= 11 is 6.03. The summed E-state index contributed by atoms with van der Waals surface area (Å²) in [6, 6.07) is 14.0. The van der Waals surface area contributed by atoms with Crippen LogP contribution >= 0.6 is 11.6 Å². The molecule has 0 saturated carbocycles. The molecule has 0 aromatic heterocycles. The average molecular weight is 550 g/mol. The topological polar surface area (TPSA) is 86.8 Å². The number of hydrogen-bond donors (Lipinski definition) is 1. The molecular formula is C28H40ClN3O4S. The normalized spacial score (nSPS) is 13.0. The first-order valence-electron chi connectivity index (χ1n) is 12.9. The van der Waals surface area contributed by atoms with Gasteiger partial charge in [-0.3, -0.25) is 13.9 Å². The molecule has 0 heterocycles. The van der Waals surface area contributed by atoms with Crippen LogP contribution in [-0.4, -0.2) is 50.0 Å². The van der Waals surface area contributed by atoms with Gasteiger partial charge in [0.1, 0.15) is 6.04 Å². The molecule has 2 atom stereocenters. The average Bonchev–Trinajstić information content (AvgIpc) is 2.86. The van der Waals surface area contributed by atoms with Gasteiger partial charge in [-0.2, -0.15) is 0 Å². The Hall–Kier alpha value is -2.58. The zero-order valence-corrected chi connectivity index (χ0v) is 24.1. The SMILES string of the molecule is CCc1ccc(N(CCCC(=O)N(Cc2ccc(Cl)cc2)[C@H](CC)C(=O)N[C@H](C)CC)S(C)(=O)=O)cc1. The van der Waals surface area contributed by atoms with Crippen LogP contribution in [0.2, 0.25) is 5.02 Å². The number of benzene rings is 2. The molecule has 2 amide bonds. The lowest BCUT2D eigenvalue weighted by Crippen LogP contribution is -2.50. The first-order chi connectivity index (χ1) is 17.5. The van der Waals surface area contributed by atoms with Gasteiger partial charge < -0.3 is 10.2 Å². The van der Waals surface area contributed by atoms with Crippen LogP contribution in [0.5, 0.6) is 0 Å². The van der Waals surface area contributed by atoms with Gasteiger partial charge in [-0.15, -0.1) is 0 Å². The largest absolute Gasteiger partial charge is 0.352 e. The highest BCUT2D eigenvalue weighted by atomic mass is 35.5. The molecule has 0 radical (unpaired) electrons. The lowest BCUT2D eigenvalue weighted by Gasteiger charge is -2.32. The summed E-state index contributed by atoms with van der Waals surface area (Å²) in [7, 11) is -3.53. The minimum Gasteiger partial charge on any atom is -0.352 e. The smallest absolute Gasteiger partial charge is 0.243 e. The second-order valence-electron chi connectivity index (χ2n) is 9.35. The lowest BCUT2D eigenvalue weighted by atomic mass is 10.1. The van der Waals surface area contributed by atoms with Crippen molar-refractivity contribution in [2.45, 2.75) is 78.4 Å². The fraction of sp³-hybridized carbons (Fsp3) is 0.500. The van der Waals surface area contributed by atoms with Gasteiger partial charge in [-0.1, -0.05) is 56.6 Å². The summed E-state index contributed by atoms with van der Waals surface area (Å²) < 4.78 is 26.3. The number of anilines is 1. The molecule has 204 valence electrons. The summed E-state index contributed by atoms with van der Waals surface area (Å²) in [6.07, 6.45) is 3.71. The van der Waals surface area contributed by atoms with E-state index in [-0.39, 0.29) is 37.4 Å². The Morgan fingerprint density at radius 2 is 1.54 bits per heavy atom.